The van der Waals surface area contributed by atoms with E-state index in [0.717, 1.165) is 5.82 Å². The monoisotopic (exact) mass is 154 g/mol. The van der Waals surface area contributed by atoms with Crippen LogP contribution in [0, 0.1) is 0 Å². The predicted molar refractivity (Wildman–Crippen MR) is 43.3 cm³/mol. The van der Waals surface area contributed by atoms with Gasteiger partial charge in [0.1, 0.15) is 6.04 Å². The molecule has 3 heteroatoms. The Morgan fingerprint density at radius 3 is 2.36 bits per heavy atom. The number of hydrogen-bond donors (Lipinski definition) is 1. The fraction of sp³-hybridized carbons (Fsp3) is 0.750. The second-order valence-corrected chi connectivity index (χ2v) is 3.36. The molecule has 0 radical (unpaired) electrons. The number of aromatic nitrogens is 3. The molecule has 11 heavy (non-hydrogen) atoms. The third-order valence-corrected chi connectivity index (χ3v) is 1.67. The van der Waals surface area contributed by atoms with E-state index in [1.807, 2.05) is 0 Å². The van der Waals surface area contributed by atoms with E-state index in [1.54, 1.807) is 6.33 Å². The molecule has 0 atom stereocenters. The third kappa shape index (κ3) is 1.59. The molecular weight excluding hydrogens is 138 g/mol. The van der Waals surface area contributed by atoms with Gasteiger partial charge in [0.25, 0.3) is 0 Å². The van der Waals surface area contributed by atoms with Crippen molar-refractivity contribution in [2.24, 2.45) is 0 Å². The van der Waals surface area contributed by atoms with Crippen molar-refractivity contribution in [3.8, 4) is 0 Å². The Bertz CT molecular complexity index is 202. The molecule has 1 rings (SSSR count). The number of hydrogen-bond acceptors (Lipinski definition) is 1. The van der Waals surface area contributed by atoms with Gasteiger partial charge in [-0.25, -0.2) is 0 Å². The lowest BCUT2D eigenvalue weighted by molar-refractivity contribution is -0.776. The van der Waals surface area contributed by atoms with Crippen LogP contribution >= 0.6 is 0 Å². The van der Waals surface area contributed by atoms with Gasteiger partial charge in [0.05, 0.1) is 5.92 Å². The van der Waals surface area contributed by atoms with Crippen LogP contribution in [0.4, 0.5) is 0 Å². The highest BCUT2D eigenvalue weighted by atomic mass is 15.3. The zero-order valence-electron chi connectivity index (χ0n) is 7.63. The fourth-order valence-corrected chi connectivity index (χ4v) is 1.13. The van der Waals surface area contributed by atoms with Gasteiger partial charge in [0.15, 0.2) is 0 Å². The van der Waals surface area contributed by atoms with Crippen LogP contribution in [0.25, 0.3) is 0 Å². The lowest BCUT2D eigenvalue weighted by Gasteiger charge is -2.02. The highest BCUT2D eigenvalue weighted by molar-refractivity contribution is 4.80. The van der Waals surface area contributed by atoms with E-state index in [0.29, 0.717) is 12.0 Å². The van der Waals surface area contributed by atoms with Crippen LogP contribution in [0.1, 0.15) is 45.5 Å². The van der Waals surface area contributed by atoms with E-state index >= 15 is 0 Å². The van der Waals surface area contributed by atoms with E-state index < -0.39 is 0 Å². The molecular formula is C8H16N3+. The Hall–Kier alpha value is -0.860. The SMILES string of the molecule is CC(C)c1nc[nH][n+]1C(C)C. The van der Waals surface area contributed by atoms with E-state index in [1.165, 1.54) is 0 Å². The Labute approximate surface area is 67.4 Å². The molecule has 62 valence electrons. The van der Waals surface area contributed by atoms with E-state index in [2.05, 4.69) is 42.5 Å². The maximum atomic E-state index is 4.24. The second kappa shape index (κ2) is 3.03. The number of nitrogens with one attached hydrogen (secondary N) is 1. The van der Waals surface area contributed by atoms with E-state index in [9.17, 15) is 0 Å². The van der Waals surface area contributed by atoms with Crippen LogP contribution in [0.5, 0.6) is 0 Å². The summed E-state index contributed by atoms with van der Waals surface area (Å²) in [6.45, 7) is 8.58. The molecule has 0 fully saturated rings. The van der Waals surface area contributed by atoms with Crippen molar-refractivity contribution in [1.29, 1.82) is 0 Å². The minimum Gasteiger partial charge on any atom is -0.194 e. The zero-order valence-corrected chi connectivity index (χ0v) is 7.63. The largest absolute Gasteiger partial charge is 0.321 e. The molecule has 0 aromatic carbocycles. The number of nitrogens with zero attached hydrogens (tertiary/aromatic N) is 2. The van der Waals surface area contributed by atoms with Crippen LogP contribution in [-0.2, 0) is 0 Å². The first-order valence-electron chi connectivity index (χ1n) is 4.07. The van der Waals surface area contributed by atoms with Crippen LogP contribution < -0.4 is 4.68 Å². The molecule has 0 unspecified atom stereocenters. The molecule has 0 amide bonds. The van der Waals surface area contributed by atoms with Crippen molar-refractivity contribution in [1.82, 2.24) is 10.1 Å². The number of aromatic amines is 1. The summed E-state index contributed by atoms with van der Waals surface area (Å²) >= 11 is 0. The summed E-state index contributed by atoms with van der Waals surface area (Å²) in [4.78, 5) is 4.24. The maximum absolute atomic E-state index is 4.24. The Morgan fingerprint density at radius 2 is 2.00 bits per heavy atom. The van der Waals surface area contributed by atoms with Crippen molar-refractivity contribution >= 4 is 0 Å². The van der Waals surface area contributed by atoms with Crippen molar-refractivity contribution in [2.45, 2.75) is 39.7 Å². The average Bonchev–Trinajstić information content (AvgIpc) is 2.32. The second-order valence-electron chi connectivity index (χ2n) is 3.36. The Balaban J connectivity index is 2.96. The molecule has 1 aromatic heterocycles. The molecule has 0 saturated heterocycles. The molecule has 1 aromatic rings. The first-order chi connectivity index (χ1) is 5.13. The molecule has 3 nitrogen and oxygen atoms in total. The van der Waals surface area contributed by atoms with Gasteiger partial charge in [0, 0.05) is 0 Å². The van der Waals surface area contributed by atoms with Crippen LogP contribution in [0.3, 0.4) is 0 Å². The summed E-state index contributed by atoms with van der Waals surface area (Å²) < 4.78 is 2.09. The average molecular weight is 154 g/mol. The normalized spacial score (nSPS) is 11.5. The Morgan fingerprint density at radius 1 is 1.36 bits per heavy atom. The first kappa shape index (κ1) is 8.24. The van der Waals surface area contributed by atoms with Gasteiger partial charge in [-0.3, -0.25) is 0 Å². The summed E-state index contributed by atoms with van der Waals surface area (Å²) in [5.74, 6) is 1.61. The summed E-state index contributed by atoms with van der Waals surface area (Å²) in [6.07, 6.45) is 1.75. The molecule has 0 aliphatic carbocycles. The molecule has 1 N–H and O–H groups in total. The summed E-state index contributed by atoms with van der Waals surface area (Å²) in [6, 6.07) is 0.467. The number of H-pyrrole nitrogens is 1. The topological polar surface area (TPSA) is 32.6 Å². The summed E-state index contributed by atoms with van der Waals surface area (Å²) in [7, 11) is 0. The molecule has 0 bridgehead atoms. The molecule has 0 spiro atoms. The lowest BCUT2D eigenvalue weighted by Crippen LogP contribution is -2.42. The standard InChI is InChI=1S/C8H15N3/c1-6(2)8-9-5-10-11(8)7(3)4/h5-7H,1-4H3/p+1. The van der Waals surface area contributed by atoms with Gasteiger partial charge in [-0.1, -0.05) is 13.8 Å². The highest BCUT2D eigenvalue weighted by Crippen LogP contribution is 2.06. The maximum Gasteiger partial charge on any atom is 0.321 e. The quantitative estimate of drug-likeness (QED) is 0.642. The van der Waals surface area contributed by atoms with Crippen LogP contribution in [0.2, 0.25) is 0 Å². The molecule has 0 aliphatic heterocycles. The van der Waals surface area contributed by atoms with Crippen molar-refractivity contribution < 1.29 is 4.68 Å². The van der Waals surface area contributed by atoms with E-state index in [-0.39, 0.29) is 0 Å². The van der Waals surface area contributed by atoms with Crippen LogP contribution in [-0.4, -0.2) is 10.1 Å². The smallest absolute Gasteiger partial charge is 0.194 e. The van der Waals surface area contributed by atoms with Gasteiger partial charge in [-0.2, -0.15) is 9.78 Å². The van der Waals surface area contributed by atoms with Gasteiger partial charge >= 0.3 is 5.82 Å². The van der Waals surface area contributed by atoms with Gasteiger partial charge in [-0.15, -0.1) is 0 Å². The van der Waals surface area contributed by atoms with Gasteiger partial charge in [-0.05, 0) is 18.8 Å². The van der Waals surface area contributed by atoms with Crippen LogP contribution in [0.15, 0.2) is 6.33 Å². The minimum absolute atomic E-state index is 0.467. The van der Waals surface area contributed by atoms with Crippen molar-refractivity contribution in [2.75, 3.05) is 0 Å². The summed E-state index contributed by atoms with van der Waals surface area (Å²) in [5.41, 5.74) is 0. The summed E-state index contributed by atoms with van der Waals surface area (Å²) in [5, 5.41) is 3.09. The zero-order chi connectivity index (χ0) is 8.43. The highest BCUT2D eigenvalue weighted by Gasteiger charge is 2.19. The molecule has 0 aliphatic rings. The van der Waals surface area contributed by atoms with E-state index in [4.69, 9.17) is 0 Å². The fourth-order valence-electron chi connectivity index (χ4n) is 1.13. The minimum atomic E-state index is 0.467. The van der Waals surface area contributed by atoms with Crippen molar-refractivity contribution in [3.05, 3.63) is 12.2 Å². The van der Waals surface area contributed by atoms with Gasteiger partial charge in [0.2, 0.25) is 6.33 Å². The lowest BCUT2D eigenvalue weighted by atomic mass is 10.2. The van der Waals surface area contributed by atoms with Crippen molar-refractivity contribution in [3.63, 3.8) is 0 Å². The first-order valence-corrected chi connectivity index (χ1v) is 4.07. The predicted octanol–water partition coefficient (Wildman–Crippen LogP) is 1.40. The molecule has 0 saturated carbocycles. The van der Waals surface area contributed by atoms with Gasteiger partial charge < -0.3 is 0 Å². The third-order valence-electron chi connectivity index (χ3n) is 1.67. The molecule has 1 heterocycles. The number of rotatable bonds is 2. The Kier molecular flexibility index (Phi) is 2.27.